The molecule has 0 aliphatic carbocycles. The first-order chi connectivity index (χ1) is 5.93. The van der Waals surface area contributed by atoms with Gasteiger partial charge in [0.25, 0.3) is 0 Å². The summed E-state index contributed by atoms with van der Waals surface area (Å²) in [4.78, 5) is 0. The molecule has 1 nitrogen and oxygen atoms in total. The molecule has 0 atom stereocenters. The molecule has 0 aromatic heterocycles. The van der Waals surface area contributed by atoms with E-state index in [-0.39, 0.29) is 0 Å². The van der Waals surface area contributed by atoms with Crippen molar-refractivity contribution in [2.75, 3.05) is 6.61 Å². The summed E-state index contributed by atoms with van der Waals surface area (Å²) in [6.07, 6.45) is 3.45. The molecule has 1 aromatic rings. The minimum Gasteiger partial charge on any atom is -0.419 e. The van der Waals surface area contributed by atoms with Crippen LogP contribution in [0.1, 0.15) is 18.4 Å². The summed E-state index contributed by atoms with van der Waals surface area (Å²) in [6, 6.07) is 10.5. The van der Waals surface area contributed by atoms with E-state index in [1.165, 1.54) is 12.0 Å². The highest BCUT2D eigenvalue weighted by Gasteiger charge is 1.90. The zero-order valence-electron chi connectivity index (χ0n) is 7.12. The Bertz CT molecular complexity index is 198. The molecule has 0 unspecified atom stereocenters. The van der Waals surface area contributed by atoms with Gasteiger partial charge in [-0.2, -0.15) is 0 Å². The van der Waals surface area contributed by atoms with E-state index in [4.69, 9.17) is 4.43 Å². The quantitative estimate of drug-likeness (QED) is 0.494. The number of hydrogen-bond donors (Lipinski definition) is 0. The molecule has 0 saturated heterocycles. The molecule has 0 saturated carbocycles. The summed E-state index contributed by atoms with van der Waals surface area (Å²) in [5, 5.41) is 0. The van der Waals surface area contributed by atoms with Crippen molar-refractivity contribution in [2.24, 2.45) is 0 Å². The molecule has 0 bridgehead atoms. The van der Waals surface area contributed by atoms with Crippen molar-refractivity contribution >= 4 is 10.5 Å². The first kappa shape index (κ1) is 9.48. The molecule has 1 rings (SSSR count). The van der Waals surface area contributed by atoms with Gasteiger partial charge in [0.15, 0.2) is 0 Å². The second-order valence-electron chi connectivity index (χ2n) is 2.79. The summed E-state index contributed by atoms with van der Waals surface area (Å²) in [5.74, 6) is 0. The van der Waals surface area contributed by atoms with Crippen LogP contribution in [0.2, 0.25) is 0 Å². The van der Waals surface area contributed by atoms with Crippen LogP contribution in [0.5, 0.6) is 0 Å². The molecule has 0 fully saturated rings. The van der Waals surface area contributed by atoms with Gasteiger partial charge in [-0.1, -0.05) is 30.3 Å². The normalized spacial score (nSPS) is 10.1. The van der Waals surface area contributed by atoms with E-state index < -0.39 is 0 Å². The van der Waals surface area contributed by atoms with E-state index in [1.807, 2.05) is 6.07 Å². The van der Waals surface area contributed by atoms with Gasteiger partial charge >= 0.3 is 0 Å². The molecule has 0 amide bonds. The van der Waals surface area contributed by atoms with Crippen molar-refractivity contribution in [3.63, 3.8) is 0 Å². The lowest BCUT2D eigenvalue weighted by Gasteiger charge is -2.00. The van der Waals surface area contributed by atoms with Crippen LogP contribution in [0.25, 0.3) is 0 Å². The third-order valence-corrected chi connectivity index (χ3v) is 2.01. The molecule has 63 valence electrons. The summed E-state index contributed by atoms with van der Waals surface area (Å²) in [5.41, 5.74) is 1.41. The largest absolute Gasteiger partial charge is 0.419 e. The zero-order chi connectivity index (χ0) is 8.65. The molecule has 1 aromatic carbocycles. The lowest BCUT2D eigenvalue weighted by Crippen LogP contribution is -1.91. The van der Waals surface area contributed by atoms with Crippen LogP contribution in [0.4, 0.5) is 0 Å². The minimum absolute atomic E-state index is 0.795. The molecule has 0 spiro atoms. The number of rotatable bonds is 5. The van der Waals surface area contributed by atoms with Gasteiger partial charge in [-0.15, -0.1) is 0 Å². The van der Waals surface area contributed by atoms with Crippen molar-refractivity contribution < 1.29 is 4.43 Å². The maximum Gasteiger partial charge on any atom is 0.246 e. The Kier molecular flexibility index (Phi) is 4.72. The van der Waals surface area contributed by atoms with Gasteiger partial charge in [0, 0.05) is 6.61 Å². The number of benzene rings is 1. The van der Waals surface area contributed by atoms with Gasteiger partial charge in [-0.3, -0.25) is 0 Å². The molecule has 0 heterocycles. The highest BCUT2D eigenvalue weighted by atomic mass is 28.2. The maximum absolute atomic E-state index is 4.79. The van der Waals surface area contributed by atoms with Crippen LogP contribution in [-0.4, -0.2) is 17.1 Å². The fraction of sp³-hybridized carbons (Fsp3) is 0.400. The van der Waals surface area contributed by atoms with Gasteiger partial charge in [0.1, 0.15) is 0 Å². The van der Waals surface area contributed by atoms with Gasteiger partial charge in [-0.05, 0) is 24.8 Å². The van der Waals surface area contributed by atoms with E-state index in [0.717, 1.165) is 19.4 Å². The molecular formula is C10H13OSi. The second-order valence-corrected chi connectivity index (χ2v) is 3.08. The van der Waals surface area contributed by atoms with E-state index in [2.05, 4.69) is 34.8 Å². The number of hydrogen-bond acceptors (Lipinski definition) is 1. The Morgan fingerprint density at radius 2 is 1.83 bits per heavy atom. The highest BCUT2D eigenvalue weighted by Crippen LogP contribution is 2.03. The zero-order valence-corrected chi connectivity index (χ0v) is 8.12. The molecule has 3 radical (unpaired) electrons. The topological polar surface area (TPSA) is 9.23 Å². The summed E-state index contributed by atoms with van der Waals surface area (Å²) in [6.45, 7) is 0.795. The smallest absolute Gasteiger partial charge is 0.246 e. The fourth-order valence-corrected chi connectivity index (χ4v) is 1.29. The third-order valence-electron chi connectivity index (χ3n) is 1.80. The fourth-order valence-electron chi connectivity index (χ4n) is 1.15. The molecule has 0 aliphatic rings. The van der Waals surface area contributed by atoms with Crippen LogP contribution < -0.4 is 0 Å². The monoisotopic (exact) mass is 177 g/mol. The Balaban J connectivity index is 2.16. The van der Waals surface area contributed by atoms with E-state index in [9.17, 15) is 0 Å². The predicted octanol–water partition coefficient (Wildman–Crippen LogP) is 2.11. The van der Waals surface area contributed by atoms with Gasteiger partial charge in [0.2, 0.25) is 10.5 Å². The van der Waals surface area contributed by atoms with Crippen molar-refractivity contribution in [2.45, 2.75) is 19.3 Å². The van der Waals surface area contributed by atoms with Crippen LogP contribution in [0.3, 0.4) is 0 Å². The highest BCUT2D eigenvalue weighted by molar-refractivity contribution is 5.97. The Hall–Kier alpha value is -0.603. The van der Waals surface area contributed by atoms with Crippen LogP contribution in [0.15, 0.2) is 30.3 Å². The average Bonchev–Trinajstić information content (AvgIpc) is 2.14. The lowest BCUT2D eigenvalue weighted by molar-refractivity contribution is 0.336. The van der Waals surface area contributed by atoms with Crippen molar-refractivity contribution in [1.82, 2.24) is 0 Å². The molecule has 0 aliphatic heterocycles. The average molecular weight is 177 g/mol. The summed E-state index contributed by atoms with van der Waals surface area (Å²) >= 11 is 0. The van der Waals surface area contributed by atoms with Gasteiger partial charge in [-0.25, -0.2) is 0 Å². The summed E-state index contributed by atoms with van der Waals surface area (Å²) < 4.78 is 4.79. The minimum atomic E-state index is 0.795. The molecule has 0 N–H and O–H groups in total. The first-order valence-corrected chi connectivity index (χ1v) is 4.67. The van der Waals surface area contributed by atoms with Crippen LogP contribution in [-0.2, 0) is 10.8 Å². The third kappa shape index (κ3) is 3.69. The Morgan fingerprint density at radius 1 is 1.08 bits per heavy atom. The van der Waals surface area contributed by atoms with Crippen molar-refractivity contribution in [3.8, 4) is 0 Å². The standard InChI is InChI=1S/C10H13OSi/c12-11-9-5-4-8-10-6-2-1-3-7-10/h1-3,6-7H,4-5,8-9H2. The predicted molar refractivity (Wildman–Crippen MR) is 51.1 cm³/mol. The Morgan fingerprint density at radius 3 is 2.50 bits per heavy atom. The van der Waals surface area contributed by atoms with Gasteiger partial charge < -0.3 is 4.43 Å². The van der Waals surface area contributed by atoms with E-state index in [1.54, 1.807) is 0 Å². The SMILES string of the molecule is [Si]OCCCCc1ccccc1. The summed E-state index contributed by atoms with van der Waals surface area (Å²) in [7, 11) is 2.98. The van der Waals surface area contributed by atoms with E-state index in [0.29, 0.717) is 0 Å². The maximum atomic E-state index is 4.79. The van der Waals surface area contributed by atoms with Crippen LogP contribution in [0, 0.1) is 0 Å². The molecular weight excluding hydrogens is 164 g/mol. The molecule has 12 heavy (non-hydrogen) atoms. The van der Waals surface area contributed by atoms with E-state index >= 15 is 0 Å². The second kappa shape index (κ2) is 5.97. The van der Waals surface area contributed by atoms with Crippen LogP contribution >= 0.6 is 0 Å². The number of unbranched alkanes of at least 4 members (excludes halogenated alkanes) is 1. The molecule has 2 heteroatoms. The number of aryl methyl sites for hydroxylation is 1. The van der Waals surface area contributed by atoms with Gasteiger partial charge in [0.05, 0.1) is 0 Å². The van der Waals surface area contributed by atoms with Crippen molar-refractivity contribution in [3.05, 3.63) is 35.9 Å². The lowest BCUT2D eigenvalue weighted by atomic mass is 10.1. The first-order valence-electron chi connectivity index (χ1n) is 4.26. The Labute approximate surface area is 77.3 Å². The van der Waals surface area contributed by atoms with Crippen molar-refractivity contribution in [1.29, 1.82) is 0 Å².